The first-order chi connectivity index (χ1) is 10.7. The first-order valence-electron chi connectivity index (χ1n) is 7.84. The predicted octanol–water partition coefficient (Wildman–Crippen LogP) is 2.90. The van der Waals surface area contributed by atoms with Crippen molar-refractivity contribution in [3.05, 3.63) is 28.8 Å². The number of nitrogens with one attached hydrogen (secondary N) is 1. The Hall–Kier alpha value is -1.11. The number of amides is 1. The summed E-state index contributed by atoms with van der Waals surface area (Å²) in [4.78, 5) is 12.3. The van der Waals surface area contributed by atoms with Crippen molar-refractivity contribution in [1.29, 1.82) is 0 Å². The highest BCUT2D eigenvalue weighted by Crippen LogP contribution is 2.28. The molecule has 1 aromatic rings. The Morgan fingerprint density at radius 2 is 1.83 bits per heavy atom. The van der Waals surface area contributed by atoms with Crippen LogP contribution >= 0.6 is 11.6 Å². The SMILES string of the molecule is CC(C)C(C)NC(=O)c1ccc(Cl)c(S(=O)(=O)N2CCCC2)c1. The second kappa shape index (κ2) is 7.20. The van der Waals surface area contributed by atoms with Gasteiger partial charge in [0.1, 0.15) is 4.90 Å². The Kier molecular flexibility index (Phi) is 5.70. The summed E-state index contributed by atoms with van der Waals surface area (Å²) in [5, 5.41) is 3.02. The van der Waals surface area contributed by atoms with Crippen molar-refractivity contribution < 1.29 is 13.2 Å². The summed E-state index contributed by atoms with van der Waals surface area (Å²) in [6.07, 6.45) is 1.70. The van der Waals surface area contributed by atoms with Crippen LogP contribution in [0.15, 0.2) is 23.1 Å². The lowest BCUT2D eigenvalue weighted by Crippen LogP contribution is -2.36. The third-order valence-electron chi connectivity index (χ3n) is 4.24. The minimum Gasteiger partial charge on any atom is -0.349 e. The van der Waals surface area contributed by atoms with Crippen molar-refractivity contribution in [1.82, 2.24) is 9.62 Å². The minimum atomic E-state index is -3.65. The standard InChI is InChI=1S/C16H23ClN2O3S/c1-11(2)12(3)18-16(20)13-6-7-14(17)15(10-13)23(21,22)19-8-4-5-9-19/h6-7,10-12H,4-5,8-9H2,1-3H3,(H,18,20). The lowest BCUT2D eigenvalue weighted by molar-refractivity contribution is 0.0930. The number of benzene rings is 1. The summed E-state index contributed by atoms with van der Waals surface area (Å²) >= 11 is 6.08. The van der Waals surface area contributed by atoms with Gasteiger partial charge in [-0.15, -0.1) is 0 Å². The van der Waals surface area contributed by atoms with Crippen LogP contribution in [-0.2, 0) is 10.0 Å². The Morgan fingerprint density at radius 3 is 2.39 bits per heavy atom. The van der Waals surface area contributed by atoms with Crippen LogP contribution in [0.5, 0.6) is 0 Å². The molecule has 1 aliphatic heterocycles. The molecule has 1 aromatic carbocycles. The zero-order valence-electron chi connectivity index (χ0n) is 13.7. The van der Waals surface area contributed by atoms with Crippen molar-refractivity contribution in [2.45, 2.75) is 44.6 Å². The highest BCUT2D eigenvalue weighted by Gasteiger charge is 2.29. The average molecular weight is 359 g/mol. The summed E-state index contributed by atoms with van der Waals surface area (Å²) in [6, 6.07) is 4.39. The minimum absolute atomic E-state index is 0.00295. The Morgan fingerprint density at radius 1 is 1.22 bits per heavy atom. The molecule has 1 amide bonds. The number of nitrogens with zero attached hydrogens (tertiary/aromatic N) is 1. The number of carbonyl (C=O) groups is 1. The molecule has 1 saturated heterocycles. The Balaban J connectivity index is 2.30. The van der Waals surface area contributed by atoms with Gasteiger partial charge in [0.25, 0.3) is 5.91 Å². The van der Waals surface area contributed by atoms with E-state index >= 15 is 0 Å². The molecule has 1 atom stereocenters. The molecule has 5 nitrogen and oxygen atoms in total. The van der Waals surface area contributed by atoms with E-state index in [0.717, 1.165) is 12.8 Å². The molecule has 0 bridgehead atoms. The highest BCUT2D eigenvalue weighted by molar-refractivity contribution is 7.89. The maximum Gasteiger partial charge on any atom is 0.251 e. The average Bonchev–Trinajstić information content (AvgIpc) is 3.02. The molecule has 2 rings (SSSR count). The first-order valence-corrected chi connectivity index (χ1v) is 9.66. The quantitative estimate of drug-likeness (QED) is 0.880. The van der Waals surface area contributed by atoms with Gasteiger partial charge in [-0.05, 0) is 43.9 Å². The molecule has 0 radical (unpaired) electrons. The van der Waals surface area contributed by atoms with Crippen molar-refractivity contribution in [3.8, 4) is 0 Å². The van der Waals surface area contributed by atoms with Gasteiger partial charge in [0.15, 0.2) is 0 Å². The second-order valence-corrected chi connectivity index (χ2v) is 8.58. The molecule has 1 aliphatic rings. The molecule has 0 aromatic heterocycles. The van der Waals surface area contributed by atoms with Gasteiger partial charge < -0.3 is 5.32 Å². The number of halogens is 1. The number of hydrogen-bond acceptors (Lipinski definition) is 3. The number of sulfonamides is 1. The lowest BCUT2D eigenvalue weighted by atomic mass is 10.1. The maximum atomic E-state index is 12.7. The number of hydrogen-bond donors (Lipinski definition) is 1. The molecule has 128 valence electrons. The van der Waals surface area contributed by atoms with Gasteiger partial charge in [-0.25, -0.2) is 8.42 Å². The summed E-state index contributed by atoms with van der Waals surface area (Å²) in [6.45, 7) is 6.94. The Bertz CT molecular complexity index is 683. The van der Waals surface area contributed by atoms with Crippen LogP contribution in [0.4, 0.5) is 0 Å². The van der Waals surface area contributed by atoms with Crippen molar-refractivity contribution in [2.24, 2.45) is 5.92 Å². The van der Waals surface area contributed by atoms with Crippen LogP contribution < -0.4 is 5.32 Å². The molecule has 23 heavy (non-hydrogen) atoms. The fraction of sp³-hybridized carbons (Fsp3) is 0.562. The number of carbonyl (C=O) groups excluding carboxylic acids is 1. The molecule has 1 unspecified atom stereocenters. The summed E-state index contributed by atoms with van der Waals surface area (Å²) in [5.74, 6) is -0.000193. The fourth-order valence-electron chi connectivity index (χ4n) is 2.37. The second-order valence-electron chi connectivity index (χ2n) is 6.26. The molecule has 0 spiro atoms. The van der Waals surface area contributed by atoms with Gasteiger partial charge >= 0.3 is 0 Å². The van der Waals surface area contributed by atoms with Crippen molar-refractivity contribution in [2.75, 3.05) is 13.1 Å². The zero-order chi connectivity index (χ0) is 17.2. The van der Waals surface area contributed by atoms with Gasteiger partial charge in [-0.3, -0.25) is 4.79 Å². The molecule has 1 heterocycles. The van der Waals surface area contributed by atoms with Gasteiger partial charge in [-0.2, -0.15) is 4.31 Å². The molecule has 7 heteroatoms. The zero-order valence-corrected chi connectivity index (χ0v) is 15.2. The van der Waals surface area contributed by atoms with E-state index in [1.807, 2.05) is 20.8 Å². The van der Waals surface area contributed by atoms with Gasteiger partial charge in [0, 0.05) is 24.7 Å². The van der Waals surface area contributed by atoms with Gasteiger partial charge in [0.05, 0.1) is 5.02 Å². The van der Waals surface area contributed by atoms with Crippen LogP contribution in [0.25, 0.3) is 0 Å². The van der Waals surface area contributed by atoms with Gasteiger partial charge in [-0.1, -0.05) is 25.4 Å². The summed E-state index contributed by atoms with van der Waals surface area (Å²) < 4.78 is 26.8. The van der Waals surface area contributed by atoms with Crippen molar-refractivity contribution in [3.63, 3.8) is 0 Å². The topological polar surface area (TPSA) is 66.5 Å². The molecule has 0 saturated carbocycles. The van der Waals surface area contributed by atoms with Crippen molar-refractivity contribution >= 4 is 27.5 Å². The number of rotatable bonds is 5. The van der Waals surface area contributed by atoms with E-state index in [9.17, 15) is 13.2 Å². The normalized spacial score (nSPS) is 17.4. The fourth-order valence-corrected chi connectivity index (χ4v) is 4.38. The largest absolute Gasteiger partial charge is 0.349 e. The van der Waals surface area contributed by atoms with E-state index in [1.165, 1.54) is 16.4 Å². The first kappa shape index (κ1) is 18.2. The molecular weight excluding hydrogens is 336 g/mol. The predicted molar refractivity (Wildman–Crippen MR) is 91.2 cm³/mol. The third-order valence-corrected chi connectivity index (χ3v) is 6.62. The van der Waals surface area contributed by atoms with E-state index in [4.69, 9.17) is 11.6 Å². The van der Waals surface area contributed by atoms with Crippen LogP contribution in [0.1, 0.15) is 44.0 Å². The Labute approximate surface area is 143 Å². The molecule has 1 N–H and O–H groups in total. The molecule has 0 aliphatic carbocycles. The lowest BCUT2D eigenvalue weighted by Gasteiger charge is -2.19. The third kappa shape index (κ3) is 4.05. The van der Waals surface area contributed by atoms with Crippen LogP contribution in [0.3, 0.4) is 0 Å². The van der Waals surface area contributed by atoms with E-state index < -0.39 is 10.0 Å². The van der Waals surface area contributed by atoms with E-state index in [0.29, 0.717) is 24.6 Å². The van der Waals surface area contributed by atoms with E-state index in [2.05, 4.69) is 5.32 Å². The van der Waals surface area contributed by atoms with Gasteiger partial charge in [0.2, 0.25) is 10.0 Å². The van der Waals surface area contributed by atoms with E-state index in [1.54, 1.807) is 6.07 Å². The summed E-state index contributed by atoms with van der Waals surface area (Å²) in [7, 11) is -3.65. The monoisotopic (exact) mass is 358 g/mol. The van der Waals surface area contributed by atoms with Crippen LogP contribution in [0, 0.1) is 5.92 Å². The highest BCUT2D eigenvalue weighted by atomic mass is 35.5. The van der Waals surface area contributed by atoms with Crippen LogP contribution in [0.2, 0.25) is 5.02 Å². The maximum absolute atomic E-state index is 12.7. The molecule has 1 fully saturated rings. The van der Waals surface area contributed by atoms with Crippen LogP contribution in [-0.4, -0.2) is 37.8 Å². The smallest absolute Gasteiger partial charge is 0.251 e. The molecular formula is C16H23ClN2O3S. The van der Waals surface area contributed by atoms with E-state index in [-0.39, 0.29) is 21.9 Å². The summed E-state index contributed by atoms with van der Waals surface area (Å²) in [5.41, 5.74) is 0.305.